The number of hydrogen-bond acceptors (Lipinski definition) is 12. The molecule has 2 heterocycles. The summed E-state index contributed by atoms with van der Waals surface area (Å²) in [5, 5.41) is 41.1. The Balaban J connectivity index is 1.40. The Morgan fingerprint density at radius 1 is 0.789 bits per heavy atom. The topological polar surface area (TPSA) is 186 Å². The number of benzene rings is 2. The Bertz CT molecular complexity index is 1620. The molecular weight excluding hydrogens is 504 g/mol. The number of phenols is 2. The molecule has 4 N–H and O–H groups in total. The van der Waals surface area contributed by atoms with Crippen LogP contribution in [0.15, 0.2) is 54.8 Å². The molecule has 4 rings (SSSR count). The Hall–Kier alpha value is -4.55. The number of hydrogen-bond donors (Lipinski definition) is 4. The second kappa shape index (κ2) is 10.8. The first-order valence-corrected chi connectivity index (χ1v) is 11.3. The molecule has 0 saturated heterocycles. The minimum Gasteiger partial charge on any atom is -0.507 e. The molecule has 0 bridgehead atoms. The number of aliphatic hydroxyl groups is 2. The summed E-state index contributed by atoms with van der Waals surface area (Å²) in [7, 11) is 2.78. The first-order valence-electron chi connectivity index (χ1n) is 11.3. The van der Waals surface area contributed by atoms with E-state index in [0.29, 0.717) is 16.9 Å². The van der Waals surface area contributed by atoms with Crippen LogP contribution in [0.1, 0.15) is 11.5 Å². The molecule has 0 fully saturated rings. The number of aromatic hydroxyl groups is 2. The van der Waals surface area contributed by atoms with Crippen molar-refractivity contribution in [3.8, 4) is 23.0 Å². The lowest BCUT2D eigenvalue weighted by Gasteiger charge is -2.14. The Kier molecular flexibility index (Phi) is 7.55. The highest BCUT2D eigenvalue weighted by atomic mass is 16.6. The molecule has 0 amide bonds. The molecule has 2 aromatic heterocycles. The summed E-state index contributed by atoms with van der Waals surface area (Å²) in [6.45, 7) is -0.534. The largest absolute Gasteiger partial charge is 0.507 e. The highest BCUT2D eigenvalue weighted by Crippen LogP contribution is 2.30. The van der Waals surface area contributed by atoms with E-state index in [4.69, 9.17) is 23.0 Å². The number of methoxy groups -OCH3 is 2. The molecule has 2 atom stereocenters. The minimum atomic E-state index is -1.73. The van der Waals surface area contributed by atoms with Gasteiger partial charge in [0.05, 0.1) is 20.3 Å². The van der Waals surface area contributed by atoms with Gasteiger partial charge < -0.3 is 43.5 Å². The van der Waals surface area contributed by atoms with Gasteiger partial charge in [-0.1, -0.05) is 0 Å². The van der Waals surface area contributed by atoms with Crippen molar-refractivity contribution >= 4 is 27.5 Å². The number of ether oxygens (including phenoxy) is 3. The number of esters is 1. The fourth-order valence-electron chi connectivity index (χ4n) is 3.94. The monoisotopic (exact) mass is 528 g/mol. The zero-order chi connectivity index (χ0) is 27.6. The van der Waals surface area contributed by atoms with Gasteiger partial charge in [0, 0.05) is 25.0 Å². The van der Waals surface area contributed by atoms with Gasteiger partial charge in [-0.2, -0.15) is 0 Å². The zero-order valence-electron chi connectivity index (χ0n) is 20.3. The van der Waals surface area contributed by atoms with Gasteiger partial charge in [0.25, 0.3) is 0 Å². The van der Waals surface area contributed by atoms with Gasteiger partial charge in [-0.3, -0.25) is 0 Å². The lowest BCUT2D eigenvalue weighted by molar-refractivity contribution is -0.156. The molecule has 12 heteroatoms. The van der Waals surface area contributed by atoms with Crippen LogP contribution in [0.25, 0.3) is 21.5 Å². The van der Waals surface area contributed by atoms with Crippen LogP contribution in [0.4, 0.5) is 0 Å². The summed E-state index contributed by atoms with van der Waals surface area (Å²) >= 11 is 0. The van der Waals surface area contributed by atoms with Gasteiger partial charge in [-0.05, 0) is 35.0 Å². The lowest BCUT2D eigenvalue weighted by atomic mass is 10.1. The molecule has 0 unspecified atom stereocenters. The number of carbonyl (C=O) groups is 1. The van der Waals surface area contributed by atoms with Gasteiger partial charge >= 0.3 is 17.2 Å². The number of rotatable bonds is 9. The summed E-state index contributed by atoms with van der Waals surface area (Å²) in [6.07, 6.45) is -3.64. The van der Waals surface area contributed by atoms with Gasteiger partial charge in [0.2, 0.25) is 0 Å². The second-order valence-electron chi connectivity index (χ2n) is 8.43. The van der Waals surface area contributed by atoms with E-state index in [2.05, 4.69) is 0 Å². The van der Waals surface area contributed by atoms with Crippen LogP contribution >= 0.6 is 0 Å². The van der Waals surface area contributed by atoms with E-state index >= 15 is 0 Å². The Labute approximate surface area is 213 Å². The zero-order valence-corrected chi connectivity index (χ0v) is 20.3. The van der Waals surface area contributed by atoms with Crippen LogP contribution in [0.3, 0.4) is 0 Å². The van der Waals surface area contributed by atoms with Crippen LogP contribution in [0.5, 0.6) is 23.0 Å². The average Bonchev–Trinajstić information content (AvgIpc) is 2.85. The van der Waals surface area contributed by atoms with E-state index in [1.165, 1.54) is 50.6 Å². The molecule has 200 valence electrons. The average molecular weight is 528 g/mol. The van der Waals surface area contributed by atoms with Gasteiger partial charge in [0.15, 0.2) is 6.10 Å². The molecule has 2 aromatic carbocycles. The molecule has 0 spiro atoms. The fraction of sp³-hybridized carbons (Fsp3) is 0.269. The van der Waals surface area contributed by atoms with Gasteiger partial charge in [-0.25, -0.2) is 14.4 Å². The van der Waals surface area contributed by atoms with Crippen LogP contribution in [0.2, 0.25) is 0 Å². The second-order valence-corrected chi connectivity index (χ2v) is 8.43. The number of carbonyl (C=O) groups excluding carboxylic acids is 1. The quantitative estimate of drug-likeness (QED) is 0.229. The molecule has 0 aliphatic heterocycles. The molecule has 0 aliphatic carbocycles. The molecule has 0 saturated carbocycles. The van der Waals surface area contributed by atoms with Crippen LogP contribution in [-0.4, -0.2) is 59.4 Å². The Morgan fingerprint density at radius 3 is 1.74 bits per heavy atom. The first kappa shape index (κ1) is 26.5. The van der Waals surface area contributed by atoms with Crippen molar-refractivity contribution in [3.05, 3.63) is 68.8 Å². The molecular formula is C26H24O12. The lowest BCUT2D eigenvalue weighted by Crippen LogP contribution is -2.29. The molecule has 0 aliphatic rings. The summed E-state index contributed by atoms with van der Waals surface area (Å²) in [5.74, 6) is -1.12. The third-order valence-electron chi connectivity index (χ3n) is 5.72. The van der Waals surface area contributed by atoms with E-state index in [0.717, 1.165) is 0 Å². The van der Waals surface area contributed by atoms with Crippen molar-refractivity contribution in [2.75, 3.05) is 20.8 Å². The third-order valence-corrected chi connectivity index (χ3v) is 5.72. The van der Waals surface area contributed by atoms with Crippen molar-refractivity contribution < 1.29 is 48.3 Å². The maximum Gasteiger partial charge on any atom is 0.347 e. The summed E-state index contributed by atoms with van der Waals surface area (Å²) in [6, 6.07) is 8.33. The number of fused-ring (bicyclic) bond motifs is 2. The maximum absolute atomic E-state index is 12.3. The van der Waals surface area contributed by atoms with E-state index in [9.17, 15) is 34.8 Å². The smallest absolute Gasteiger partial charge is 0.347 e. The highest BCUT2D eigenvalue weighted by molar-refractivity contribution is 5.89. The fourth-order valence-corrected chi connectivity index (χ4v) is 3.94. The van der Waals surface area contributed by atoms with Crippen LogP contribution in [0, 0.1) is 0 Å². The third kappa shape index (κ3) is 5.56. The molecule has 38 heavy (non-hydrogen) atoms. The highest BCUT2D eigenvalue weighted by Gasteiger charge is 2.22. The predicted octanol–water partition coefficient (Wildman–Crippen LogP) is 1.38. The van der Waals surface area contributed by atoms with Crippen molar-refractivity contribution in [1.29, 1.82) is 0 Å². The van der Waals surface area contributed by atoms with E-state index in [1.54, 1.807) is 0 Å². The normalized spacial score (nSPS) is 12.8. The van der Waals surface area contributed by atoms with Gasteiger partial charge in [0.1, 0.15) is 51.9 Å². The van der Waals surface area contributed by atoms with E-state index < -0.39 is 42.5 Å². The maximum atomic E-state index is 12.3. The van der Waals surface area contributed by atoms with Crippen molar-refractivity contribution in [2.45, 2.75) is 25.0 Å². The summed E-state index contributed by atoms with van der Waals surface area (Å²) in [5.41, 5.74) is -1.68. The van der Waals surface area contributed by atoms with E-state index in [-0.39, 0.29) is 45.6 Å². The van der Waals surface area contributed by atoms with Crippen LogP contribution < -0.4 is 20.7 Å². The predicted molar refractivity (Wildman–Crippen MR) is 132 cm³/mol. The van der Waals surface area contributed by atoms with Crippen molar-refractivity contribution in [3.63, 3.8) is 0 Å². The summed E-state index contributed by atoms with van der Waals surface area (Å²) < 4.78 is 25.3. The SMILES string of the molecule is COc1cc(O)c2c(=O)oc(C[C@@H](O)COC(=O)[C@H](O)Cc3cc4cc(OC)cc(O)c4c(=O)o3)cc2c1. The molecule has 12 nitrogen and oxygen atoms in total. The summed E-state index contributed by atoms with van der Waals surface area (Å²) in [4.78, 5) is 36.8. The number of aliphatic hydroxyl groups excluding tert-OH is 2. The minimum absolute atomic E-state index is 0.0447. The first-order chi connectivity index (χ1) is 18.1. The molecule has 0 radical (unpaired) electrons. The van der Waals surface area contributed by atoms with Gasteiger partial charge in [-0.15, -0.1) is 0 Å². The van der Waals surface area contributed by atoms with E-state index in [1.807, 2.05) is 0 Å². The number of phenolic OH excluding ortho intramolecular Hbond substituents is 2. The van der Waals surface area contributed by atoms with Crippen molar-refractivity contribution in [1.82, 2.24) is 0 Å². The molecule has 4 aromatic rings. The van der Waals surface area contributed by atoms with Crippen molar-refractivity contribution in [2.24, 2.45) is 0 Å². The standard InChI is InChI=1S/C26H24O12/c1-34-15-3-12-5-17(37-25(32)22(12)19(28)8-15)7-14(27)11-36-24(31)21(30)10-18-6-13-4-16(35-2)9-20(29)23(13)26(33)38-18/h3-6,8-9,14,21,27-30H,7,10-11H2,1-2H3/t14-,21-/m1/s1. The Morgan fingerprint density at radius 2 is 1.26 bits per heavy atom. The van der Waals surface area contributed by atoms with Crippen LogP contribution in [-0.2, 0) is 22.4 Å².